The van der Waals surface area contributed by atoms with Crippen LogP contribution in [0.3, 0.4) is 0 Å². The Morgan fingerprint density at radius 1 is 1.16 bits per heavy atom. The minimum atomic E-state index is -0.202. The van der Waals surface area contributed by atoms with E-state index in [9.17, 15) is 4.79 Å². The molecule has 1 atom stereocenters. The van der Waals surface area contributed by atoms with Crippen LogP contribution in [0.25, 0.3) is 0 Å². The summed E-state index contributed by atoms with van der Waals surface area (Å²) < 4.78 is 15.9. The van der Waals surface area contributed by atoms with E-state index in [1.807, 2.05) is 23.1 Å². The number of methoxy groups -OCH3 is 3. The normalized spacial score (nSPS) is 16.6. The van der Waals surface area contributed by atoms with Crippen LogP contribution in [0.4, 0.5) is 0 Å². The third-order valence-electron chi connectivity index (χ3n) is 4.61. The van der Waals surface area contributed by atoms with E-state index in [4.69, 9.17) is 19.9 Å². The summed E-state index contributed by atoms with van der Waals surface area (Å²) in [6.07, 6.45) is 0.142. The first kappa shape index (κ1) is 19.5. The lowest BCUT2D eigenvalue weighted by Gasteiger charge is -2.35. The second kappa shape index (κ2) is 9.60. The Morgan fingerprint density at radius 2 is 1.88 bits per heavy atom. The minimum Gasteiger partial charge on any atom is -0.497 e. The van der Waals surface area contributed by atoms with Gasteiger partial charge >= 0.3 is 0 Å². The molecule has 1 aromatic rings. The Balaban J connectivity index is 1.89. The Kier molecular flexibility index (Phi) is 7.49. The van der Waals surface area contributed by atoms with Gasteiger partial charge in [0.15, 0.2) is 0 Å². The second-order valence-electron chi connectivity index (χ2n) is 6.13. The van der Waals surface area contributed by atoms with E-state index in [-0.39, 0.29) is 12.0 Å². The molecular weight excluding hydrogens is 322 g/mol. The van der Waals surface area contributed by atoms with Crippen LogP contribution in [-0.4, -0.2) is 75.9 Å². The van der Waals surface area contributed by atoms with Crippen LogP contribution < -0.4 is 15.2 Å². The van der Waals surface area contributed by atoms with Gasteiger partial charge in [0.25, 0.3) is 0 Å². The first-order valence-electron chi connectivity index (χ1n) is 8.55. The van der Waals surface area contributed by atoms with Gasteiger partial charge in [-0.2, -0.15) is 0 Å². The zero-order chi connectivity index (χ0) is 18.2. The highest BCUT2D eigenvalue weighted by atomic mass is 16.5. The standard InChI is InChI=1S/C18H29N3O4/c1-23-15-4-5-17(25-3)14(10-15)13-20-6-8-21(9-7-20)18(22)11-16(12-19)24-2/h4-5,10,16H,6-9,11-13,19H2,1-3H3. The number of ether oxygens (including phenoxy) is 3. The van der Waals surface area contributed by atoms with Crippen molar-refractivity contribution in [3.05, 3.63) is 23.8 Å². The molecule has 1 heterocycles. The van der Waals surface area contributed by atoms with Crippen molar-refractivity contribution in [1.29, 1.82) is 0 Å². The van der Waals surface area contributed by atoms with Crippen molar-refractivity contribution in [3.63, 3.8) is 0 Å². The van der Waals surface area contributed by atoms with Gasteiger partial charge in [-0.15, -0.1) is 0 Å². The number of nitrogens with two attached hydrogens (primary N) is 1. The van der Waals surface area contributed by atoms with Crippen molar-refractivity contribution in [2.75, 3.05) is 54.1 Å². The fourth-order valence-corrected chi connectivity index (χ4v) is 2.99. The Hall–Kier alpha value is -1.83. The first-order chi connectivity index (χ1) is 12.1. The number of rotatable bonds is 8. The average Bonchev–Trinajstić information content (AvgIpc) is 2.66. The van der Waals surface area contributed by atoms with Crippen LogP contribution in [-0.2, 0) is 16.1 Å². The van der Waals surface area contributed by atoms with Gasteiger partial charge < -0.3 is 24.8 Å². The van der Waals surface area contributed by atoms with Crippen molar-refractivity contribution in [3.8, 4) is 11.5 Å². The van der Waals surface area contributed by atoms with Crippen LogP contribution in [0.2, 0.25) is 0 Å². The summed E-state index contributed by atoms with van der Waals surface area (Å²) in [4.78, 5) is 16.5. The third kappa shape index (κ3) is 5.32. The zero-order valence-corrected chi connectivity index (χ0v) is 15.4. The molecule has 140 valence electrons. The van der Waals surface area contributed by atoms with Gasteiger partial charge in [-0.3, -0.25) is 9.69 Å². The minimum absolute atomic E-state index is 0.107. The molecule has 0 aromatic heterocycles. The summed E-state index contributed by atoms with van der Waals surface area (Å²) in [5.41, 5.74) is 6.68. The lowest BCUT2D eigenvalue weighted by atomic mass is 10.1. The highest BCUT2D eigenvalue weighted by Crippen LogP contribution is 2.25. The lowest BCUT2D eigenvalue weighted by Crippen LogP contribution is -2.49. The SMILES string of the molecule is COc1ccc(OC)c(CN2CCN(C(=O)CC(CN)OC)CC2)c1. The molecule has 2 N–H and O–H groups in total. The molecule has 25 heavy (non-hydrogen) atoms. The van der Waals surface area contributed by atoms with Gasteiger partial charge in [0, 0.05) is 51.9 Å². The van der Waals surface area contributed by atoms with Crippen molar-refractivity contribution in [1.82, 2.24) is 9.80 Å². The predicted molar refractivity (Wildman–Crippen MR) is 95.9 cm³/mol. The van der Waals surface area contributed by atoms with Gasteiger partial charge in [0.05, 0.1) is 26.7 Å². The number of carbonyl (C=O) groups is 1. The fraction of sp³-hybridized carbons (Fsp3) is 0.611. The Bertz CT molecular complexity index is 555. The summed E-state index contributed by atoms with van der Waals surface area (Å²) in [5.74, 6) is 1.78. The molecule has 0 bridgehead atoms. The molecule has 0 saturated carbocycles. The highest BCUT2D eigenvalue weighted by Gasteiger charge is 2.23. The number of carbonyl (C=O) groups excluding carboxylic acids is 1. The van der Waals surface area contributed by atoms with Gasteiger partial charge in [-0.05, 0) is 18.2 Å². The van der Waals surface area contributed by atoms with E-state index in [2.05, 4.69) is 4.90 Å². The Labute approximate surface area is 149 Å². The van der Waals surface area contributed by atoms with E-state index < -0.39 is 0 Å². The molecule has 2 rings (SSSR count). The van der Waals surface area contributed by atoms with Crippen molar-refractivity contribution in [2.45, 2.75) is 19.1 Å². The van der Waals surface area contributed by atoms with Crippen molar-refractivity contribution < 1.29 is 19.0 Å². The highest BCUT2D eigenvalue weighted by molar-refractivity contribution is 5.76. The number of piperazine rings is 1. The molecule has 0 radical (unpaired) electrons. The largest absolute Gasteiger partial charge is 0.497 e. The molecule has 1 saturated heterocycles. The summed E-state index contributed by atoms with van der Waals surface area (Å²) in [6.45, 7) is 4.21. The fourth-order valence-electron chi connectivity index (χ4n) is 2.99. The van der Waals surface area contributed by atoms with Crippen molar-refractivity contribution in [2.24, 2.45) is 5.73 Å². The second-order valence-corrected chi connectivity index (χ2v) is 6.13. The zero-order valence-electron chi connectivity index (χ0n) is 15.4. The molecule has 7 nitrogen and oxygen atoms in total. The monoisotopic (exact) mass is 351 g/mol. The molecular formula is C18H29N3O4. The van der Waals surface area contributed by atoms with E-state index in [1.54, 1.807) is 21.3 Å². The quantitative estimate of drug-likeness (QED) is 0.743. The smallest absolute Gasteiger partial charge is 0.225 e. The van der Waals surface area contributed by atoms with E-state index in [1.165, 1.54) is 0 Å². The number of hydrogen-bond acceptors (Lipinski definition) is 6. The molecule has 1 aromatic carbocycles. The molecule has 1 unspecified atom stereocenters. The number of hydrogen-bond donors (Lipinski definition) is 1. The van der Waals surface area contributed by atoms with Crippen molar-refractivity contribution >= 4 is 5.91 Å². The molecule has 1 fully saturated rings. The maximum absolute atomic E-state index is 12.3. The molecule has 1 aliphatic heterocycles. The Morgan fingerprint density at radius 3 is 2.44 bits per heavy atom. The van der Waals surface area contributed by atoms with Crippen LogP contribution in [0, 0.1) is 0 Å². The van der Waals surface area contributed by atoms with E-state index >= 15 is 0 Å². The van der Waals surface area contributed by atoms with Crippen LogP contribution in [0.15, 0.2) is 18.2 Å². The van der Waals surface area contributed by atoms with Gasteiger partial charge in [-0.1, -0.05) is 0 Å². The van der Waals surface area contributed by atoms with Gasteiger partial charge in [0.1, 0.15) is 11.5 Å². The lowest BCUT2D eigenvalue weighted by molar-refractivity contribution is -0.135. The molecule has 7 heteroatoms. The number of benzene rings is 1. The summed E-state index contributed by atoms with van der Waals surface area (Å²) in [5, 5.41) is 0. The van der Waals surface area contributed by atoms with Crippen LogP contribution in [0.1, 0.15) is 12.0 Å². The summed E-state index contributed by atoms with van der Waals surface area (Å²) in [6, 6.07) is 5.81. The van der Waals surface area contributed by atoms with E-state index in [0.717, 1.165) is 36.7 Å². The molecule has 1 amide bonds. The molecule has 0 aliphatic carbocycles. The summed E-state index contributed by atoms with van der Waals surface area (Å²) in [7, 11) is 4.92. The maximum atomic E-state index is 12.3. The predicted octanol–water partition coefficient (Wildman–Crippen LogP) is 0.712. The molecule has 0 spiro atoms. The number of amides is 1. The van der Waals surface area contributed by atoms with Gasteiger partial charge in [0.2, 0.25) is 5.91 Å². The molecule has 1 aliphatic rings. The summed E-state index contributed by atoms with van der Waals surface area (Å²) >= 11 is 0. The number of nitrogens with zero attached hydrogens (tertiary/aromatic N) is 2. The maximum Gasteiger partial charge on any atom is 0.225 e. The van der Waals surface area contributed by atoms with Crippen LogP contribution in [0.5, 0.6) is 11.5 Å². The third-order valence-corrected chi connectivity index (χ3v) is 4.61. The van der Waals surface area contributed by atoms with Crippen LogP contribution >= 0.6 is 0 Å². The topological polar surface area (TPSA) is 77.3 Å². The van der Waals surface area contributed by atoms with E-state index in [0.29, 0.717) is 26.1 Å². The van der Waals surface area contributed by atoms with Gasteiger partial charge in [-0.25, -0.2) is 0 Å². The first-order valence-corrected chi connectivity index (χ1v) is 8.55. The average molecular weight is 351 g/mol.